The van der Waals surface area contributed by atoms with E-state index in [1.165, 1.54) is 5.56 Å². The van der Waals surface area contributed by atoms with Crippen LogP contribution in [0.25, 0.3) is 0 Å². The molecule has 1 N–H and O–H groups in total. The number of aliphatic carboxylic acids is 1. The molecule has 0 aliphatic heterocycles. The molecule has 0 spiro atoms. The summed E-state index contributed by atoms with van der Waals surface area (Å²) < 4.78 is 5.94. The van der Waals surface area contributed by atoms with E-state index < -0.39 is 11.6 Å². The molecule has 1 atom stereocenters. The minimum atomic E-state index is -0.782. The lowest BCUT2D eigenvalue weighted by Gasteiger charge is -2.40. The molecule has 3 heteroatoms. The average molecular weight is 262 g/mol. The van der Waals surface area contributed by atoms with E-state index in [2.05, 4.69) is 26.0 Å². The first-order valence-corrected chi connectivity index (χ1v) is 7.05. The highest BCUT2D eigenvalue weighted by Crippen LogP contribution is 2.39. The molecule has 1 fully saturated rings. The number of carbonyl (C=O) groups is 1. The molecule has 0 radical (unpaired) electrons. The topological polar surface area (TPSA) is 46.5 Å². The van der Waals surface area contributed by atoms with Crippen LogP contribution in [-0.2, 0) is 4.79 Å². The van der Waals surface area contributed by atoms with Gasteiger partial charge in [-0.1, -0.05) is 26.0 Å². The van der Waals surface area contributed by atoms with Crippen molar-refractivity contribution < 1.29 is 14.6 Å². The standard InChI is InChI=1S/C16H22O3/c1-3-12(2)13-5-7-14(8-6-13)19-16(9-4-10-16)11-15(17)18/h5-8,12H,3-4,9-11H2,1-2H3,(H,17,18). The fourth-order valence-corrected chi connectivity index (χ4v) is 2.51. The Kier molecular flexibility index (Phi) is 4.13. The van der Waals surface area contributed by atoms with Crippen LogP contribution in [-0.4, -0.2) is 16.7 Å². The highest BCUT2D eigenvalue weighted by Gasteiger charge is 2.41. The Balaban J connectivity index is 2.04. The molecule has 1 unspecified atom stereocenters. The summed E-state index contributed by atoms with van der Waals surface area (Å²) in [6.45, 7) is 4.37. The molecule has 19 heavy (non-hydrogen) atoms. The normalized spacial score (nSPS) is 18.4. The number of benzene rings is 1. The molecule has 0 heterocycles. The maximum atomic E-state index is 10.9. The lowest BCUT2D eigenvalue weighted by Crippen LogP contribution is -2.45. The van der Waals surface area contributed by atoms with Gasteiger partial charge in [0.25, 0.3) is 0 Å². The number of hydrogen-bond acceptors (Lipinski definition) is 2. The van der Waals surface area contributed by atoms with E-state index in [9.17, 15) is 4.79 Å². The van der Waals surface area contributed by atoms with Crippen molar-refractivity contribution in [2.24, 2.45) is 0 Å². The predicted molar refractivity (Wildman–Crippen MR) is 74.6 cm³/mol. The van der Waals surface area contributed by atoms with E-state index in [1.807, 2.05) is 12.1 Å². The van der Waals surface area contributed by atoms with Crippen molar-refractivity contribution in [1.82, 2.24) is 0 Å². The molecule has 1 aromatic carbocycles. The maximum Gasteiger partial charge on any atom is 0.307 e. The fourth-order valence-electron chi connectivity index (χ4n) is 2.51. The van der Waals surface area contributed by atoms with Gasteiger partial charge in [0.05, 0.1) is 6.42 Å². The average Bonchev–Trinajstić information content (AvgIpc) is 2.35. The lowest BCUT2D eigenvalue weighted by molar-refractivity contribution is -0.144. The molecule has 2 rings (SSSR count). The largest absolute Gasteiger partial charge is 0.487 e. The fraction of sp³-hybridized carbons (Fsp3) is 0.562. The Bertz CT molecular complexity index is 432. The summed E-state index contributed by atoms with van der Waals surface area (Å²) in [7, 11) is 0. The van der Waals surface area contributed by atoms with Gasteiger partial charge in [-0.15, -0.1) is 0 Å². The van der Waals surface area contributed by atoms with E-state index in [1.54, 1.807) is 0 Å². The molecule has 0 aromatic heterocycles. The van der Waals surface area contributed by atoms with Crippen molar-refractivity contribution in [1.29, 1.82) is 0 Å². The SMILES string of the molecule is CCC(C)c1ccc(OC2(CC(=O)O)CCC2)cc1. The van der Waals surface area contributed by atoms with Crippen molar-refractivity contribution in [3.05, 3.63) is 29.8 Å². The Hall–Kier alpha value is -1.51. The third-order valence-corrected chi connectivity index (χ3v) is 4.13. The molecule has 0 amide bonds. The van der Waals surface area contributed by atoms with Crippen molar-refractivity contribution >= 4 is 5.97 Å². The Morgan fingerprint density at radius 3 is 2.42 bits per heavy atom. The molecule has 1 aliphatic carbocycles. The zero-order valence-corrected chi connectivity index (χ0v) is 11.7. The molecule has 1 aliphatic rings. The second kappa shape index (κ2) is 5.64. The summed E-state index contributed by atoms with van der Waals surface area (Å²) in [6, 6.07) is 8.08. The highest BCUT2D eigenvalue weighted by molar-refractivity contribution is 5.68. The van der Waals surface area contributed by atoms with Gasteiger partial charge in [-0.2, -0.15) is 0 Å². The van der Waals surface area contributed by atoms with Gasteiger partial charge in [0.15, 0.2) is 0 Å². The van der Waals surface area contributed by atoms with Crippen molar-refractivity contribution in [3.8, 4) is 5.75 Å². The smallest absolute Gasteiger partial charge is 0.307 e. The van der Waals surface area contributed by atoms with Gasteiger partial charge in [0.2, 0.25) is 0 Å². The summed E-state index contributed by atoms with van der Waals surface area (Å²) in [5.41, 5.74) is 0.833. The van der Waals surface area contributed by atoms with E-state index in [0.717, 1.165) is 31.4 Å². The number of hydrogen-bond donors (Lipinski definition) is 1. The zero-order chi connectivity index (χ0) is 13.9. The molecular weight excluding hydrogens is 240 g/mol. The summed E-state index contributed by atoms with van der Waals surface area (Å²) in [5.74, 6) is 0.551. The lowest BCUT2D eigenvalue weighted by atomic mass is 9.77. The molecular formula is C16H22O3. The van der Waals surface area contributed by atoms with Gasteiger partial charge < -0.3 is 9.84 Å². The maximum absolute atomic E-state index is 10.9. The monoisotopic (exact) mass is 262 g/mol. The Morgan fingerprint density at radius 1 is 1.37 bits per heavy atom. The van der Waals surface area contributed by atoms with Crippen LogP contribution in [0.15, 0.2) is 24.3 Å². The Morgan fingerprint density at radius 2 is 2.00 bits per heavy atom. The van der Waals surface area contributed by atoms with Gasteiger partial charge in [-0.25, -0.2) is 0 Å². The van der Waals surface area contributed by atoms with Crippen molar-refractivity contribution in [2.75, 3.05) is 0 Å². The van der Waals surface area contributed by atoms with Crippen molar-refractivity contribution in [2.45, 2.75) is 57.5 Å². The van der Waals surface area contributed by atoms with Crippen molar-refractivity contribution in [3.63, 3.8) is 0 Å². The van der Waals surface area contributed by atoms with Gasteiger partial charge in [-0.05, 0) is 49.3 Å². The quantitative estimate of drug-likeness (QED) is 0.843. The molecule has 1 saturated carbocycles. The summed E-state index contributed by atoms with van der Waals surface area (Å²) >= 11 is 0. The zero-order valence-electron chi connectivity index (χ0n) is 11.7. The first kappa shape index (κ1) is 13.9. The third-order valence-electron chi connectivity index (χ3n) is 4.13. The first-order valence-electron chi connectivity index (χ1n) is 7.05. The molecule has 104 valence electrons. The van der Waals surface area contributed by atoms with Crippen LogP contribution < -0.4 is 4.74 Å². The summed E-state index contributed by atoms with van der Waals surface area (Å²) in [6.07, 6.45) is 3.94. The van der Waals surface area contributed by atoms with E-state index in [-0.39, 0.29) is 6.42 Å². The minimum Gasteiger partial charge on any atom is -0.487 e. The van der Waals surface area contributed by atoms with E-state index >= 15 is 0 Å². The van der Waals surface area contributed by atoms with Gasteiger partial charge >= 0.3 is 5.97 Å². The number of carboxylic acids is 1. The van der Waals surface area contributed by atoms with Crippen LogP contribution in [0, 0.1) is 0 Å². The Labute approximate surface area is 114 Å². The molecule has 3 nitrogen and oxygen atoms in total. The predicted octanol–water partition coefficient (Wildman–Crippen LogP) is 3.98. The van der Waals surface area contributed by atoms with Gasteiger partial charge in [-0.3, -0.25) is 4.79 Å². The third kappa shape index (κ3) is 3.28. The van der Waals surface area contributed by atoms with Crippen LogP contribution in [0.4, 0.5) is 0 Å². The van der Waals surface area contributed by atoms with Crippen LogP contribution in [0.1, 0.15) is 57.4 Å². The van der Waals surface area contributed by atoms with Gasteiger partial charge in [0.1, 0.15) is 11.4 Å². The molecule has 1 aromatic rings. The molecule has 0 saturated heterocycles. The van der Waals surface area contributed by atoms with E-state index in [4.69, 9.17) is 9.84 Å². The number of carboxylic acid groups (broad SMARTS) is 1. The second-order valence-electron chi connectivity index (χ2n) is 5.59. The van der Waals surface area contributed by atoms with Crippen LogP contribution in [0.5, 0.6) is 5.75 Å². The van der Waals surface area contributed by atoms with E-state index in [0.29, 0.717) is 5.92 Å². The molecule has 0 bridgehead atoms. The minimum absolute atomic E-state index is 0.0973. The van der Waals surface area contributed by atoms with Crippen LogP contribution in [0.2, 0.25) is 0 Å². The number of rotatable bonds is 6. The summed E-state index contributed by atoms with van der Waals surface area (Å²) in [5, 5.41) is 8.96. The summed E-state index contributed by atoms with van der Waals surface area (Å²) in [4.78, 5) is 10.9. The van der Waals surface area contributed by atoms with Crippen LogP contribution >= 0.6 is 0 Å². The number of ether oxygens (including phenoxy) is 1. The van der Waals surface area contributed by atoms with Crippen LogP contribution in [0.3, 0.4) is 0 Å². The second-order valence-corrected chi connectivity index (χ2v) is 5.59. The first-order chi connectivity index (χ1) is 9.04. The van der Waals surface area contributed by atoms with Gasteiger partial charge in [0, 0.05) is 0 Å². The highest BCUT2D eigenvalue weighted by atomic mass is 16.5.